The van der Waals surface area contributed by atoms with Crippen LogP contribution in [0.5, 0.6) is 0 Å². The maximum Gasteiger partial charge on any atom is 0.0647 e. The standard InChI is InChI=1S/C15H19ClO2/c1-15(10-18)7-6-14(12(8-15)9-17)11-2-4-13(16)5-3-11/h2-5,17-18H,6-10H2,1H3/t15-/m1/s1. The van der Waals surface area contributed by atoms with Crippen molar-refractivity contribution in [2.75, 3.05) is 13.2 Å². The Morgan fingerprint density at radius 2 is 1.89 bits per heavy atom. The van der Waals surface area contributed by atoms with Crippen LogP contribution in [0.25, 0.3) is 5.57 Å². The van der Waals surface area contributed by atoms with Crippen molar-refractivity contribution in [2.45, 2.75) is 26.2 Å². The number of aliphatic hydroxyl groups is 2. The van der Waals surface area contributed by atoms with Gasteiger partial charge in [0.1, 0.15) is 0 Å². The smallest absolute Gasteiger partial charge is 0.0647 e. The minimum atomic E-state index is -0.0893. The Morgan fingerprint density at radius 1 is 1.22 bits per heavy atom. The molecule has 0 spiro atoms. The Hall–Kier alpha value is -0.830. The van der Waals surface area contributed by atoms with Crippen LogP contribution in [-0.2, 0) is 0 Å². The van der Waals surface area contributed by atoms with Gasteiger partial charge in [0, 0.05) is 11.6 Å². The van der Waals surface area contributed by atoms with Gasteiger partial charge in [-0.1, -0.05) is 30.7 Å². The second-order valence-electron chi connectivity index (χ2n) is 5.39. The molecule has 18 heavy (non-hydrogen) atoms. The van der Waals surface area contributed by atoms with E-state index in [1.165, 1.54) is 5.57 Å². The van der Waals surface area contributed by atoms with Crippen molar-refractivity contribution in [3.05, 3.63) is 40.4 Å². The summed E-state index contributed by atoms with van der Waals surface area (Å²) in [5.74, 6) is 0. The third-order valence-corrected chi connectivity index (χ3v) is 4.06. The van der Waals surface area contributed by atoms with Crippen molar-refractivity contribution in [1.29, 1.82) is 0 Å². The molecule has 0 fully saturated rings. The van der Waals surface area contributed by atoms with Crippen molar-refractivity contribution in [3.63, 3.8) is 0 Å². The molecule has 0 saturated carbocycles. The average Bonchev–Trinajstić information content (AvgIpc) is 2.40. The van der Waals surface area contributed by atoms with Gasteiger partial charge in [0.15, 0.2) is 0 Å². The molecule has 1 aromatic rings. The van der Waals surface area contributed by atoms with Gasteiger partial charge >= 0.3 is 0 Å². The predicted molar refractivity (Wildman–Crippen MR) is 74.5 cm³/mol. The van der Waals surface area contributed by atoms with E-state index >= 15 is 0 Å². The van der Waals surface area contributed by atoms with Crippen LogP contribution in [-0.4, -0.2) is 23.4 Å². The summed E-state index contributed by atoms with van der Waals surface area (Å²) in [6, 6.07) is 7.74. The Morgan fingerprint density at radius 3 is 2.44 bits per heavy atom. The van der Waals surface area contributed by atoms with Crippen molar-refractivity contribution >= 4 is 17.2 Å². The van der Waals surface area contributed by atoms with Crippen LogP contribution in [0.2, 0.25) is 5.02 Å². The summed E-state index contributed by atoms with van der Waals surface area (Å²) < 4.78 is 0. The van der Waals surface area contributed by atoms with E-state index in [4.69, 9.17) is 11.6 Å². The molecule has 1 atom stereocenters. The van der Waals surface area contributed by atoms with Crippen LogP contribution >= 0.6 is 11.6 Å². The topological polar surface area (TPSA) is 40.5 Å². The number of halogens is 1. The number of rotatable bonds is 3. The first-order valence-electron chi connectivity index (χ1n) is 6.26. The van der Waals surface area contributed by atoms with Crippen molar-refractivity contribution < 1.29 is 10.2 Å². The highest BCUT2D eigenvalue weighted by atomic mass is 35.5. The van der Waals surface area contributed by atoms with Crippen LogP contribution in [0.4, 0.5) is 0 Å². The first kappa shape index (κ1) is 13.6. The third kappa shape index (κ3) is 2.77. The van der Waals surface area contributed by atoms with Crippen molar-refractivity contribution in [3.8, 4) is 0 Å². The molecule has 2 nitrogen and oxygen atoms in total. The summed E-state index contributed by atoms with van der Waals surface area (Å²) in [7, 11) is 0. The molecule has 0 bridgehead atoms. The molecule has 0 saturated heterocycles. The Bertz CT molecular complexity index is 450. The molecule has 2 N–H and O–H groups in total. The van der Waals surface area contributed by atoms with Gasteiger partial charge in [-0.2, -0.15) is 0 Å². The van der Waals surface area contributed by atoms with Gasteiger partial charge in [0.25, 0.3) is 0 Å². The first-order valence-corrected chi connectivity index (χ1v) is 6.64. The number of allylic oxidation sites excluding steroid dienone is 1. The highest BCUT2D eigenvalue weighted by Gasteiger charge is 2.30. The minimum absolute atomic E-state index is 0.0630. The van der Waals surface area contributed by atoms with E-state index in [0.29, 0.717) is 0 Å². The summed E-state index contributed by atoms with van der Waals surface area (Å²) >= 11 is 5.89. The normalized spacial score (nSPS) is 24.4. The molecule has 0 heterocycles. The fourth-order valence-electron chi connectivity index (χ4n) is 2.60. The van der Waals surface area contributed by atoms with Crippen LogP contribution in [0.3, 0.4) is 0 Å². The van der Waals surface area contributed by atoms with E-state index < -0.39 is 0 Å². The Kier molecular flexibility index (Phi) is 4.10. The van der Waals surface area contributed by atoms with Crippen LogP contribution in [0.15, 0.2) is 29.8 Å². The van der Waals surface area contributed by atoms with E-state index in [9.17, 15) is 10.2 Å². The fraction of sp³-hybridized carbons (Fsp3) is 0.467. The molecule has 3 heteroatoms. The zero-order chi connectivity index (χ0) is 13.2. The highest BCUT2D eigenvalue weighted by Crippen LogP contribution is 2.42. The van der Waals surface area contributed by atoms with Gasteiger partial charge in [-0.05, 0) is 53.5 Å². The maximum atomic E-state index is 9.54. The van der Waals surface area contributed by atoms with Crippen LogP contribution < -0.4 is 0 Å². The summed E-state index contributed by atoms with van der Waals surface area (Å²) in [6.45, 7) is 2.30. The van der Waals surface area contributed by atoms with E-state index in [0.717, 1.165) is 35.4 Å². The molecular formula is C15H19ClO2. The lowest BCUT2D eigenvalue weighted by atomic mass is 9.72. The van der Waals surface area contributed by atoms with Gasteiger partial charge in [-0.3, -0.25) is 0 Å². The summed E-state index contributed by atoms with van der Waals surface area (Å²) in [4.78, 5) is 0. The van der Waals surface area contributed by atoms with Gasteiger partial charge in [-0.25, -0.2) is 0 Å². The van der Waals surface area contributed by atoms with E-state index in [-0.39, 0.29) is 18.6 Å². The van der Waals surface area contributed by atoms with Gasteiger partial charge in [-0.15, -0.1) is 0 Å². The molecule has 2 rings (SSSR count). The lowest BCUT2D eigenvalue weighted by molar-refractivity contribution is 0.125. The van der Waals surface area contributed by atoms with Crippen molar-refractivity contribution in [1.82, 2.24) is 0 Å². The molecule has 0 radical (unpaired) electrons. The van der Waals surface area contributed by atoms with Gasteiger partial charge in [0.2, 0.25) is 0 Å². The molecule has 1 aliphatic rings. The first-order chi connectivity index (χ1) is 8.58. The average molecular weight is 267 g/mol. The largest absolute Gasteiger partial charge is 0.396 e. The summed E-state index contributed by atoms with van der Waals surface area (Å²) in [6.07, 6.45) is 2.61. The van der Waals surface area contributed by atoms with E-state index in [1.54, 1.807) is 0 Å². The zero-order valence-corrected chi connectivity index (χ0v) is 11.4. The zero-order valence-electron chi connectivity index (χ0n) is 10.6. The lowest BCUT2D eigenvalue weighted by Crippen LogP contribution is -2.26. The molecule has 0 unspecified atom stereocenters. The quantitative estimate of drug-likeness (QED) is 0.882. The lowest BCUT2D eigenvalue weighted by Gasteiger charge is -2.34. The highest BCUT2D eigenvalue weighted by molar-refractivity contribution is 6.30. The number of hydrogen-bond acceptors (Lipinski definition) is 2. The SMILES string of the molecule is C[C@@]1(CO)CCC(c2ccc(Cl)cc2)=C(CO)C1. The minimum Gasteiger partial charge on any atom is -0.396 e. The molecule has 1 aromatic carbocycles. The number of benzene rings is 1. The monoisotopic (exact) mass is 266 g/mol. The second-order valence-corrected chi connectivity index (χ2v) is 5.83. The Balaban J connectivity index is 2.33. The maximum absolute atomic E-state index is 9.54. The molecule has 0 aliphatic heterocycles. The molecule has 0 amide bonds. The third-order valence-electron chi connectivity index (χ3n) is 3.81. The summed E-state index contributed by atoms with van der Waals surface area (Å²) in [5.41, 5.74) is 3.29. The van der Waals surface area contributed by atoms with Crippen LogP contribution in [0.1, 0.15) is 31.7 Å². The van der Waals surface area contributed by atoms with Crippen molar-refractivity contribution in [2.24, 2.45) is 5.41 Å². The van der Waals surface area contributed by atoms with Gasteiger partial charge < -0.3 is 10.2 Å². The predicted octanol–water partition coefficient (Wildman–Crippen LogP) is 3.27. The van der Waals surface area contributed by atoms with Gasteiger partial charge in [0.05, 0.1) is 6.61 Å². The molecule has 1 aliphatic carbocycles. The van der Waals surface area contributed by atoms with E-state index in [2.05, 4.69) is 6.92 Å². The number of hydrogen-bond donors (Lipinski definition) is 2. The Labute approximate surface area is 113 Å². The molecular weight excluding hydrogens is 248 g/mol. The molecule has 0 aromatic heterocycles. The second kappa shape index (κ2) is 5.43. The van der Waals surface area contributed by atoms with E-state index in [1.807, 2.05) is 24.3 Å². The van der Waals surface area contributed by atoms with Crippen LogP contribution in [0, 0.1) is 5.41 Å². The fourth-order valence-corrected chi connectivity index (χ4v) is 2.73. The summed E-state index contributed by atoms with van der Waals surface area (Å²) in [5, 5.41) is 19.7. The number of aliphatic hydroxyl groups excluding tert-OH is 2. The molecule has 98 valence electrons.